The maximum atomic E-state index is 11.7. The van der Waals surface area contributed by atoms with E-state index in [0.717, 1.165) is 39.1 Å². The number of rotatable bonds is 4. The van der Waals surface area contributed by atoms with Crippen LogP contribution in [0, 0.1) is 20.8 Å². The molecule has 0 spiro atoms. The summed E-state index contributed by atoms with van der Waals surface area (Å²) in [6.45, 7) is 6.03. The summed E-state index contributed by atoms with van der Waals surface area (Å²) in [6, 6.07) is 7.79. The quantitative estimate of drug-likeness (QED) is 0.772. The lowest BCUT2D eigenvalue weighted by Crippen LogP contribution is -2.17. The minimum Gasteiger partial charge on any atom is -0.375 e. The SMILES string of the molecule is COCC(=O)Nc1ccc2c(C)cc(-c3c(C)n[nH]c3C)nc2c1. The first-order valence-electron chi connectivity index (χ1n) is 7.71. The molecule has 0 atom stereocenters. The lowest BCUT2D eigenvalue weighted by molar-refractivity contribution is -0.119. The van der Waals surface area contributed by atoms with Gasteiger partial charge in [0.05, 0.1) is 16.9 Å². The van der Waals surface area contributed by atoms with Gasteiger partial charge in [0.1, 0.15) is 6.61 Å². The van der Waals surface area contributed by atoms with Crippen LogP contribution in [0.1, 0.15) is 17.0 Å². The standard InChI is InChI=1S/C18H20N4O2/c1-10-7-16(18-11(2)21-22-12(18)3)20-15-8-13(5-6-14(10)15)19-17(23)9-24-4/h5-8H,9H2,1-4H3,(H,19,23)(H,21,22). The van der Waals surface area contributed by atoms with Crippen LogP contribution in [0.25, 0.3) is 22.2 Å². The maximum Gasteiger partial charge on any atom is 0.250 e. The van der Waals surface area contributed by atoms with Crippen LogP contribution in [-0.4, -0.2) is 34.8 Å². The van der Waals surface area contributed by atoms with E-state index in [1.54, 1.807) is 0 Å². The number of anilines is 1. The number of H-pyrrole nitrogens is 1. The van der Waals surface area contributed by atoms with Crippen molar-refractivity contribution in [1.29, 1.82) is 0 Å². The molecule has 24 heavy (non-hydrogen) atoms. The molecule has 0 aliphatic carbocycles. The second kappa shape index (κ2) is 6.41. The molecule has 3 rings (SSSR count). The number of pyridine rings is 1. The van der Waals surface area contributed by atoms with Gasteiger partial charge in [0.25, 0.3) is 0 Å². The number of hydrogen-bond acceptors (Lipinski definition) is 4. The minimum atomic E-state index is -0.189. The number of nitrogens with one attached hydrogen (secondary N) is 2. The highest BCUT2D eigenvalue weighted by atomic mass is 16.5. The Kier molecular flexibility index (Phi) is 4.31. The van der Waals surface area contributed by atoms with Gasteiger partial charge >= 0.3 is 0 Å². The maximum absolute atomic E-state index is 11.7. The van der Waals surface area contributed by atoms with Crippen molar-refractivity contribution in [3.05, 3.63) is 41.2 Å². The summed E-state index contributed by atoms with van der Waals surface area (Å²) in [5, 5.41) is 11.1. The molecular weight excluding hydrogens is 304 g/mol. The monoisotopic (exact) mass is 324 g/mol. The molecular formula is C18H20N4O2. The largest absolute Gasteiger partial charge is 0.375 e. The Balaban J connectivity index is 2.07. The number of carbonyl (C=O) groups is 1. The number of fused-ring (bicyclic) bond motifs is 1. The number of hydrogen-bond donors (Lipinski definition) is 2. The van der Waals surface area contributed by atoms with E-state index in [4.69, 9.17) is 9.72 Å². The van der Waals surface area contributed by atoms with Crippen LogP contribution in [0.3, 0.4) is 0 Å². The highest BCUT2D eigenvalue weighted by Gasteiger charge is 2.13. The summed E-state index contributed by atoms with van der Waals surface area (Å²) >= 11 is 0. The van der Waals surface area contributed by atoms with Crippen molar-refractivity contribution in [2.24, 2.45) is 0 Å². The summed E-state index contributed by atoms with van der Waals surface area (Å²) < 4.78 is 4.84. The number of aromatic nitrogens is 3. The van der Waals surface area contributed by atoms with Gasteiger partial charge in [0.2, 0.25) is 5.91 Å². The smallest absolute Gasteiger partial charge is 0.250 e. The molecule has 0 radical (unpaired) electrons. The molecule has 6 nitrogen and oxygen atoms in total. The predicted molar refractivity (Wildman–Crippen MR) is 94.0 cm³/mol. The Labute approximate surface area is 140 Å². The van der Waals surface area contributed by atoms with Gasteiger partial charge in [-0.2, -0.15) is 5.10 Å². The summed E-state index contributed by atoms with van der Waals surface area (Å²) in [5.74, 6) is -0.189. The zero-order valence-electron chi connectivity index (χ0n) is 14.2. The highest BCUT2D eigenvalue weighted by Crippen LogP contribution is 2.29. The molecule has 0 saturated heterocycles. The number of aromatic amines is 1. The number of nitrogens with zero attached hydrogens (tertiary/aromatic N) is 2. The fraction of sp³-hybridized carbons (Fsp3) is 0.278. The topological polar surface area (TPSA) is 79.9 Å². The fourth-order valence-electron chi connectivity index (χ4n) is 2.86. The zero-order valence-corrected chi connectivity index (χ0v) is 14.2. The number of ether oxygens (including phenoxy) is 1. The minimum absolute atomic E-state index is 0.0257. The summed E-state index contributed by atoms with van der Waals surface area (Å²) in [5.41, 5.74) is 6.48. The van der Waals surface area contributed by atoms with Gasteiger partial charge in [-0.3, -0.25) is 9.89 Å². The highest BCUT2D eigenvalue weighted by molar-refractivity contribution is 5.95. The Hall–Kier alpha value is -2.73. The molecule has 2 heterocycles. The van der Waals surface area contributed by atoms with Gasteiger partial charge in [-0.15, -0.1) is 0 Å². The normalized spacial score (nSPS) is 11.0. The molecule has 2 N–H and O–H groups in total. The Morgan fingerprint density at radius 1 is 1.25 bits per heavy atom. The van der Waals surface area contributed by atoms with Gasteiger partial charge in [-0.05, 0) is 44.5 Å². The molecule has 1 amide bonds. The van der Waals surface area contributed by atoms with Gasteiger partial charge < -0.3 is 10.1 Å². The molecule has 124 valence electrons. The van der Waals surface area contributed by atoms with E-state index >= 15 is 0 Å². The molecule has 2 aromatic heterocycles. The number of carbonyl (C=O) groups excluding carboxylic acids is 1. The summed E-state index contributed by atoms with van der Waals surface area (Å²) in [4.78, 5) is 16.5. The van der Waals surface area contributed by atoms with E-state index in [0.29, 0.717) is 5.69 Å². The molecule has 0 unspecified atom stereocenters. The van der Waals surface area contributed by atoms with E-state index in [1.807, 2.05) is 32.0 Å². The second-order valence-electron chi connectivity index (χ2n) is 5.85. The summed E-state index contributed by atoms with van der Waals surface area (Å²) in [6.07, 6.45) is 0. The number of aryl methyl sites for hydroxylation is 3. The first kappa shape index (κ1) is 16.1. The fourth-order valence-corrected chi connectivity index (χ4v) is 2.86. The van der Waals surface area contributed by atoms with Crippen molar-refractivity contribution in [3.63, 3.8) is 0 Å². The molecule has 1 aromatic carbocycles. The number of amides is 1. The third-order valence-corrected chi connectivity index (χ3v) is 3.96. The lowest BCUT2D eigenvalue weighted by atomic mass is 10.0. The van der Waals surface area contributed by atoms with Crippen molar-refractivity contribution in [2.45, 2.75) is 20.8 Å². The van der Waals surface area contributed by atoms with Crippen molar-refractivity contribution < 1.29 is 9.53 Å². The first-order chi connectivity index (χ1) is 11.5. The first-order valence-corrected chi connectivity index (χ1v) is 7.71. The van der Waals surface area contributed by atoms with Crippen molar-refractivity contribution in [2.75, 3.05) is 19.0 Å². The van der Waals surface area contributed by atoms with Crippen molar-refractivity contribution in [1.82, 2.24) is 15.2 Å². The predicted octanol–water partition coefficient (Wildman–Crippen LogP) is 3.14. The van der Waals surface area contributed by atoms with E-state index in [1.165, 1.54) is 7.11 Å². The van der Waals surface area contributed by atoms with Crippen LogP contribution in [-0.2, 0) is 9.53 Å². The van der Waals surface area contributed by atoms with Crippen LogP contribution < -0.4 is 5.32 Å². The Bertz CT molecular complexity index is 895. The molecule has 6 heteroatoms. The van der Waals surface area contributed by atoms with Gasteiger partial charge in [0.15, 0.2) is 0 Å². The molecule has 0 aliphatic rings. The third kappa shape index (κ3) is 3.00. The van der Waals surface area contributed by atoms with Crippen LogP contribution >= 0.6 is 0 Å². The summed E-state index contributed by atoms with van der Waals surface area (Å²) in [7, 11) is 1.49. The molecule has 0 saturated carbocycles. The van der Waals surface area contributed by atoms with Gasteiger partial charge in [-0.1, -0.05) is 6.07 Å². The van der Waals surface area contributed by atoms with E-state index in [9.17, 15) is 4.79 Å². The van der Waals surface area contributed by atoms with Crippen LogP contribution in [0.4, 0.5) is 5.69 Å². The van der Waals surface area contributed by atoms with E-state index < -0.39 is 0 Å². The van der Waals surface area contributed by atoms with Crippen molar-refractivity contribution >= 4 is 22.5 Å². The molecule has 0 fully saturated rings. The van der Waals surface area contributed by atoms with Crippen LogP contribution in [0.2, 0.25) is 0 Å². The molecule has 0 aliphatic heterocycles. The average Bonchev–Trinajstić information content (AvgIpc) is 2.86. The third-order valence-electron chi connectivity index (χ3n) is 3.96. The zero-order chi connectivity index (χ0) is 17.3. The van der Waals surface area contributed by atoms with Crippen LogP contribution in [0.15, 0.2) is 24.3 Å². The second-order valence-corrected chi connectivity index (χ2v) is 5.85. The lowest BCUT2D eigenvalue weighted by Gasteiger charge is -2.10. The van der Waals surface area contributed by atoms with Gasteiger partial charge in [0, 0.05) is 29.4 Å². The Morgan fingerprint density at radius 2 is 2.04 bits per heavy atom. The van der Waals surface area contributed by atoms with Crippen LogP contribution in [0.5, 0.6) is 0 Å². The number of methoxy groups -OCH3 is 1. The number of benzene rings is 1. The van der Waals surface area contributed by atoms with Crippen molar-refractivity contribution in [3.8, 4) is 11.3 Å². The average molecular weight is 324 g/mol. The molecule has 0 bridgehead atoms. The molecule has 3 aromatic rings. The Morgan fingerprint density at radius 3 is 2.71 bits per heavy atom. The van der Waals surface area contributed by atoms with E-state index in [2.05, 4.69) is 28.5 Å². The van der Waals surface area contributed by atoms with E-state index in [-0.39, 0.29) is 12.5 Å². The van der Waals surface area contributed by atoms with Gasteiger partial charge in [-0.25, -0.2) is 4.98 Å².